The highest BCUT2D eigenvalue weighted by Gasteiger charge is 1.81. The second-order valence-corrected chi connectivity index (χ2v) is 2.29. The van der Waals surface area contributed by atoms with Gasteiger partial charge in [0.2, 0.25) is 0 Å². The fourth-order valence-corrected chi connectivity index (χ4v) is 0.635. The second-order valence-electron chi connectivity index (χ2n) is 2.29. The number of aldehydes is 1. The molecule has 62 valence electrons. The van der Waals surface area contributed by atoms with Gasteiger partial charge in [-0.3, -0.25) is 0 Å². The molecule has 0 spiro atoms. The van der Waals surface area contributed by atoms with Crippen LogP contribution in [0.25, 0.3) is 0 Å². The molecule has 2 N–H and O–H groups in total. The number of hydrogen-bond donors (Lipinski definition) is 1. The number of carbonyl (C=O) groups excluding carboxylic acids is 1. The van der Waals surface area contributed by atoms with Crippen LogP contribution in [-0.4, -0.2) is 6.29 Å². The summed E-state index contributed by atoms with van der Waals surface area (Å²) in [7, 11) is 0. The van der Waals surface area contributed by atoms with Crippen LogP contribution >= 0.6 is 0 Å². The standard InChI is InChI=1S/C9H15NO/c1-2-9(10)7-5-3-4-6-8-11/h2,5,7-8H,3-4,6,10H2,1H3/b7-5-,9-2+. The Morgan fingerprint density at radius 2 is 2.18 bits per heavy atom. The van der Waals surface area contributed by atoms with E-state index < -0.39 is 0 Å². The van der Waals surface area contributed by atoms with E-state index >= 15 is 0 Å². The molecule has 2 heteroatoms. The lowest BCUT2D eigenvalue weighted by Crippen LogP contribution is -1.90. The summed E-state index contributed by atoms with van der Waals surface area (Å²) in [6.07, 6.45) is 9.11. The van der Waals surface area contributed by atoms with Gasteiger partial charge in [-0.05, 0) is 25.8 Å². The minimum atomic E-state index is 0.639. The van der Waals surface area contributed by atoms with Gasteiger partial charge in [-0.2, -0.15) is 0 Å². The first-order chi connectivity index (χ1) is 5.31. The Morgan fingerprint density at radius 1 is 1.45 bits per heavy atom. The fourth-order valence-electron chi connectivity index (χ4n) is 0.635. The molecule has 0 aromatic carbocycles. The summed E-state index contributed by atoms with van der Waals surface area (Å²) in [4.78, 5) is 9.90. The van der Waals surface area contributed by atoms with Crippen LogP contribution in [-0.2, 0) is 4.79 Å². The second kappa shape index (κ2) is 7.06. The van der Waals surface area contributed by atoms with Gasteiger partial charge in [0, 0.05) is 12.1 Å². The molecule has 0 aromatic heterocycles. The average Bonchev–Trinajstić information content (AvgIpc) is 2.04. The predicted octanol–water partition coefficient (Wildman–Crippen LogP) is 1.77. The van der Waals surface area contributed by atoms with Crippen LogP contribution in [0.4, 0.5) is 0 Å². The largest absolute Gasteiger partial charge is 0.399 e. The van der Waals surface area contributed by atoms with Gasteiger partial charge in [-0.1, -0.05) is 12.2 Å². The zero-order valence-electron chi connectivity index (χ0n) is 6.92. The Hall–Kier alpha value is -1.05. The van der Waals surface area contributed by atoms with Crippen LogP contribution in [0.5, 0.6) is 0 Å². The SMILES string of the molecule is C/C=C(N)\C=C/CCCC=O. The van der Waals surface area contributed by atoms with Gasteiger partial charge in [-0.25, -0.2) is 0 Å². The lowest BCUT2D eigenvalue weighted by atomic mass is 10.2. The molecule has 0 heterocycles. The van der Waals surface area contributed by atoms with Crippen molar-refractivity contribution in [3.8, 4) is 0 Å². The highest BCUT2D eigenvalue weighted by atomic mass is 16.1. The third-order valence-corrected chi connectivity index (χ3v) is 1.34. The zero-order chi connectivity index (χ0) is 8.53. The average molecular weight is 153 g/mol. The predicted molar refractivity (Wildman–Crippen MR) is 47.0 cm³/mol. The molecule has 0 saturated carbocycles. The maximum Gasteiger partial charge on any atom is 0.120 e. The molecule has 2 nitrogen and oxygen atoms in total. The molecule has 0 unspecified atom stereocenters. The van der Waals surface area contributed by atoms with E-state index in [0.29, 0.717) is 6.42 Å². The van der Waals surface area contributed by atoms with Crippen LogP contribution < -0.4 is 5.73 Å². The smallest absolute Gasteiger partial charge is 0.120 e. The van der Waals surface area contributed by atoms with Crippen molar-refractivity contribution in [1.82, 2.24) is 0 Å². The molecule has 0 atom stereocenters. The van der Waals surface area contributed by atoms with Crippen LogP contribution in [0.3, 0.4) is 0 Å². The molecule has 0 aliphatic carbocycles. The topological polar surface area (TPSA) is 43.1 Å². The third-order valence-electron chi connectivity index (χ3n) is 1.34. The third kappa shape index (κ3) is 6.84. The van der Waals surface area contributed by atoms with Gasteiger partial charge in [-0.15, -0.1) is 0 Å². The molecule has 0 bridgehead atoms. The summed E-state index contributed by atoms with van der Waals surface area (Å²) < 4.78 is 0. The van der Waals surface area contributed by atoms with Crippen molar-refractivity contribution in [2.75, 3.05) is 0 Å². The van der Waals surface area contributed by atoms with E-state index in [1.165, 1.54) is 0 Å². The van der Waals surface area contributed by atoms with Crippen molar-refractivity contribution in [2.45, 2.75) is 26.2 Å². The van der Waals surface area contributed by atoms with Crippen molar-refractivity contribution < 1.29 is 4.79 Å². The van der Waals surface area contributed by atoms with E-state index in [4.69, 9.17) is 5.73 Å². The Kier molecular flexibility index (Phi) is 6.39. The van der Waals surface area contributed by atoms with E-state index in [1.807, 2.05) is 25.2 Å². The molecule has 11 heavy (non-hydrogen) atoms. The first kappa shape index (κ1) is 9.95. The molecule has 0 radical (unpaired) electrons. The normalized spacial score (nSPS) is 12.3. The quantitative estimate of drug-likeness (QED) is 0.371. The number of rotatable bonds is 5. The lowest BCUT2D eigenvalue weighted by Gasteiger charge is -1.89. The summed E-state index contributed by atoms with van der Waals surface area (Å²) >= 11 is 0. The van der Waals surface area contributed by atoms with E-state index in [0.717, 1.165) is 24.8 Å². The number of nitrogens with two attached hydrogens (primary N) is 1. The molecule has 0 amide bonds. The van der Waals surface area contributed by atoms with Gasteiger partial charge in [0.05, 0.1) is 0 Å². The number of hydrogen-bond acceptors (Lipinski definition) is 2. The number of carbonyl (C=O) groups is 1. The summed E-state index contributed by atoms with van der Waals surface area (Å²) in [5.74, 6) is 0. The molecule has 0 aliphatic rings. The Morgan fingerprint density at radius 3 is 2.73 bits per heavy atom. The Bertz CT molecular complexity index is 159. The number of unbranched alkanes of at least 4 members (excludes halogenated alkanes) is 2. The van der Waals surface area contributed by atoms with Crippen molar-refractivity contribution in [3.05, 3.63) is 23.9 Å². The molecule has 0 aromatic rings. The van der Waals surface area contributed by atoms with Crippen molar-refractivity contribution in [1.29, 1.82) is 0 Å². The van der Waals surface area contributed by atoms with E-state index in [9.17, 15) is 4.79 Å². The van der Waals surface area contributed by atoms with Crippen molar-refractivity contribution in [2.24, 2.45) is 5.73 Å². The molecular formula is C9H15NO. The van der Waals surface area contributed by atoms with Gasteiger partial charge < -0.3 is 10.5 Å². The minimum Gasteiger partial charge on any atom is -0.399 e. The summed E-state index contributed by atoms with van der Waals surface area (Å²) in [5, 5.41) is 0. The van der Waals surface area contributed by atoms with Crippen LogP contribution in [0.15, 0.2) is 23.9 Å². The monoisotopic (exact) mass is 153 g/mol. The first-order valence-corrected chi connectivity index (χ1v) is 3.83. The van der Waals surface area contributed by atoms with E-state index in [-0.39, 0.29) is 0 Å². The van der Waals surface area contributed by atoms with Crippen LogP contribution in [0.2, 0.25) is 0 Å². The maximum absolute atomic E-state index is 9.90. The Labute approximate surface area is 67.8 Å². The minimum absolute atomic E-state index is 0.639. The molecule has 0 fully saturated rings. The molecule has 0 saturated heterocycles. The summed E-state index contributed by atoms with van der Waals surface area (Å²) in [6, 6.07) is 0. The summed E-state index contributed by atoms with van der Waals surface area (Å²) in [6.45, 7) is 1.89. The molecular weight excluding hydrogens is 138 g/mol. The van der Waals surface area contributed by atoms with Crippen LogP contribution in [0, 0.1) is 0 Å². The molecule has 0 rings (SSSR count). The van der Waals surface area contributed by atoms with Gasteiger partial charge >= 0.3 is 0 Å². The van der Waals surface area contributed by atoms with Crippen molar-refractivity contribution >= 4 is 6.29 Å². The lowest BCUT2D eigenvalue weighted by molar-refractivity contribution is -0.107. The highest BCUT2D eigenvalue weighted by Crippen LogP contribution is 1.95. The Balaban J connectivity index is 3.37. The van der Waals surface area contributed by atoms with Gasteiger partial charge in [0.1, 0.15) is 6.29 Å². The van der Waals surface area contributed by atoms with Crippen LogP contribution in [0.1, 0.15) is 26.2 Å². The molecule has 0 aliphatic heterocycles. The number of allylic oxidation sites excluding steroid dienone is 3. The first-order valence-electron chi connectivity index (χ1n) is 3.83. The highest BCUT2D eigenvalue weighted by molar-refractivity contribution is 5.49. The van der Waals surface area contributed by atoms with Gasteiger partial charge in [0.25, 0.3) is 0 Å². The zero-order valence-corrected chi connectivity index (χ0v) is 6.92. The summed E-state index contributed by atoms with van der Waals surface area (Å²) in [5.41, 5.74) is 6.27. The van der Waals surface area contributed by atoms with Crippen molar-refractivity contribution in [3.63, 3.8) is 0 Å². The fraction of sp³-hybridized carbons (Fsp3) is 0.444. The maximum atomic E-state index is 9.90. The van der Waals surface area contributed by atoms with Gasteiger partial charge in [0.15, 0.2) is 0 Å². The van der Waals surface area contributed by atoms with E-state index in [1.54, 1.807) is 0 Å². The van der Waals surface area contributed by atoms with E-state index in [2.05, 4.69) is 0 Å².